The van der Waals surface area contributed by atoms with Crippen molar-refractivity contribution in [3.8, 4) is 0 Å². The Morgan fingerprint density at radius 2 is 2.00 bits per heavy atom. The van der Waals surface area contributed by atoms with Gasteiger partial charge in [0.1, 0.15) is 0 Å². The Balaban J connectivity index is 2.60. The minimum Gasteiger partial charge on any atom is -0.383 e. The van der Waals surface area contributed by atoms with Crippen molar-refractivity contribution in [3.63, 3.8) is 0 Å². The highest BCUT2D eigenvalue weighted by Crippen LogP contribution is 2.33. The summed E-state index contributed by atoms with van der Waals surface area (Å²) in [5.41, 5.74) is 0. The van der Waals surface area contributed by atoms with E-state index in [0.717, 1.165) is 6.42 Å². The lowest BCUT2D eigenvalue weighted by molar-refractivity contribution is -0.131. The first kappa shape index (κ1) is 15.4. The van der Waals surface area contributed by atoms with E-state index < -0.39 is 0 Å². The van der Waals surface area contributed by atoms with Crippen LogP contribution in [0.2, 0.25) is 0 Å². The fourth-order valence-electron chi connectivity index (χ4n) is 2.28. The first-order valence-corrected chi connectivity index (χ1v) is 6.91. The zero-order valence-electron chi connectivity index (χ0n) is 12.4. The lowest BCUT2D eigenvalue weighted by Crippen LogP contribution is -2.50. The quantitative estimate of drug-likeness (QED) is 0.715. The maximum atomic E-state index is 12.2. The number of rotatable bonds is 8. The van der Waals surface area contributed by atoms with Gasteiger partial charge >= 0.3 is 0 Å². The highest BCUT2D eigenvalue weighted by atomic mass is 16.5. The number of carbonyl (C=O) groups is 1. The zero-order valence-corrected chi connectivity index (χ0v) is 12.4. The standard InChI is InChI=1S/C14H28N2O2/c1-10(2)8-12(14(17)16(3)4)15-13(9-18-5)11-6-7-11/h10-13,15H,6-9H2,1-5H3. The minimum atomic E-state index is -0.0826. The summed E-state index contributed by atoms with van der Waals surface area (Å²) in [5.74, 6) is 1.37. The van der Waals surface area contributed by atoms with Crippen molar-refractivity contribution >= 4 is 5.91 Å². The molecular weight excluding hydrogens is 228 g/mol. The number of amides is 1. The fourth-order valence-corrected chi connectivity index (χ4v) is 2.28. The Morgan fingerprint density at radius 1 is 1.39 bits per heavy atom. The molecule has 1 amide bonds. The maximum absolute atomic E-state index is 12.2. The van der Waals surface area contributed by atoms with E-state index in [0.29, 0.717) is 24.5 Å². The van der Waals surface area contributed by atoms with Crippen LogP contribution in [0.4, 0.5) is 0 Å². The summed E-state index contributed by atoms with van der Waals surface area (Å²) in [4.78, 5) is 13.9. The van der Waals surface area contributed by atoms with Gasteiger partial charge in [-0.05, 0) is 31.1 Å². The first-order valence-electron chi connectivity index (χ1n) is 6.91. The zero-order chi connectivity index (χ0) is 13.7. The average molecular weight is 256 g/mol. The molecule has 0 heterocycles. The molecule has 0 aliphatic heterocycles. The second-order valence-electron chi connectivity index (χ2n) is 5.98. The number of nitrogens with zero attached hydrogens (tertiary/aromatic N) is 1. The van der Waals surface area contributed by atoms with Crippen LogP contribution in [0, 0.1) is 11.8 Å². The second kappa shape index (κ2) is 7.10. The number of hydrogen-bond acceptors (Lipinski definition) is 3. The van der Waals surface area contributed by atoms with Gasteiger partial charge in [-0.3, -0.25) is 4.79 Å². The Bertz CT molecular complexity index is 263. The predicted molar refractivity (Wildman–Crippen MR) is 73.5 cm³/mol. The average Bonchev–Trinajstić information content (AvgIpc) is 3.09. The van der Waals surface area contributed by atoms with E-state index in [9.17, 15) is 4.79 Å². The molecular formula is C14H28N2O2. The van der Waals surface area contributed by atoms with E-state index in [1.54, 1.807) is 12.0 Å². The number of hydrogen-bond donors (Lipinski definition) is 1. The van der Waals surface area contributed by atoms with Crippen LogP contribution in [-0.2, 0) is 9.53 Å². The number of carbonyl (C=O) groups excluding carboxylic acids is 1. The molecule has 18 heavy (non-hydrogen) atoms. The lowest BCUT2D eigenvalue weighted by atomic mass is 10.0. The SMILES string of the molecule is COCC(NC(CC(C)C)C(=O)N(C)C)C1CC1. The number of nitrogens with one attached hydrogen (secondary N) is 1. The van der Waals surface area contributed by atoms with E-state index >= 15 is 0 Å². The van der Waals surface area contributed by atoms with Crippen molar-refractivity contribution < 1.29 is 9.53 Å². The van der Waals surface area contributed by atoms with Crippen LogP contribution in [0.5, 0.6) is 0 Å². The molecule has 0 spiro atoms. The third-order valence-corrected chi connectivity index (χ3v) is 3.40. The van der Waals surface area contributed by atoms with Gasteiger partial charge in [-0.1, -0.05) is 13.8 Å². The first-order chi connectivity index (χ1) is 8.45. The molecule has 1 aliphatic carbocycles. The van der Waals surface area contributed by atoms with Crippen LogP contribution in [0.15, 0.2) is 0 Å². The largest absolute Gasteiger partial charge is 0.383 e. The molecule has 106 valence electrons. The van der Waals surface area contributed by atoms with Crippen LogP contribution in [0.1, 0.15) is 33.1 Å². The Morgan fingerprint density at radius 3 is 2.39 bits per heavy atom. The summed E-state index contributed by atoms with van der Waals surface area (Å²) in [5, 5.41) is 3.51. The molecule has 1 rings (SSSR count). The molecule has 1 N–H and O–H groups in total. The molecule has 2 atom stereocenters. The molecule has 2 unspecified atom stereocenters. The normalized spacial score (nSPS) is 18.8. The predicted octanol–water partition coefficient (Wildman–Crippen LogP) is 1.50. The maximum Gasteiger partial charge on any atom is 0.239 e. The van der Waals surface area contributed by atoms with E-state index in [1.807, 2.05) is 14.1 Å². The molecule has 1 aliphatic rings. The van der Waals surface area contributed by atoms with Gasteiger partial charge < -0.3 is 15.0 Å². The van der Waals surface area contributed by atoms with Crippen molar-refractivity contribution in [2.75, 3.05) is 27.8 Å². The van der Waals surface area contributed by atoms with Crippen molar-refractivity contribution in [2.45, 2.75) is 45.2 Å². The second-order valence-corrected chi connectivity index (χ2v) is 5.98. The van der Waals surface area contributed by atoms with E-state index in [1.165, 1.54) is 12.8 Å². The number of ether oxygens (including phenoxy) is 1. The van der Waals surface area contributed by atoms with Crippen LogP contribution in [0.25, 0.3) is 0 Å². The molecule has 0 radical (unpaired) electrons. The van der Waals surface area contributed by atoms with Crippen molar-refractivity contribution in [1.82, 2.24) is 10.2 Å². The monoisotopic (exact) mass is 256 g/mol. The van der Waals surface area contributed by atoms with Gasteiger partial charge in [0.05, 0.1) is 12.6 Å². The summed E-state index contributed by atoms with van der Waals surface area (Å²) in [6.07, 6.45) is 3.39. The summed E-state index contributed by atoms with van der Waals surface area (Å²) < 4.78 is 5.26. The molecule has 1 saturated carbocycles. The summed E-state index contributed by atoms with van der Waals surface area (Å²) in [6, 6.07) is 0.239. The van der Waals surface area contributed by atoms with E-state index in [2.05, 4.69) is 19.2 Å². The van der Waals surface area contributed by atoms with Crippen LogP contribution < -0.4 is 5.32 Å². The smallest absolute Gasteiger partial charge is 0.239 e. The highest BCUT2D eigenvalue weighted by Gasteiger charge is 2.34. The fraction of sp³-hybridized carbons (Fsp3) is 0.929. The topological polar surface area (TPSA) is 41.6 Å². The van der Waals surface area contributed by atoms with Crippen molar-refractivity contribution in [2.24, 2.45) is 11.8 Å². The van der Waals surface area contributed by atoms with Crippen molar-refractivity contribution in [3.05, 3.63) is 0 Å². The summed E-state index contributed by atoms with van der Waals surface area (Å²) in [7, 11) is 5.36. The molecule has 0 bridgehead atoms. The molecule has 0 aromatic carbocycles. The summed E-state index contributed by atoms with van der Waals surface area (Å²) in [6.45, 7) is 5.00. The third-order valence-electron chi connectivity index (χ3n) is 3.40. The number of likely N-dealkylation sites (N-methyl/N-ethyl adjacent to an activating group) is 1. The van der Waals surface area contributed by atoms with Gasteiger partial charge in [0.2, 0.25) is 5.91 Å². The Labute approximate surface area is 111 Å². The number of methoxy groups -OCH3 is 1. The van der Waals surface area contributed by atoms with Gasteiger partial charge in [0.25, 0.3) is 0 Å². The van der Waals surface area contributed by atoms with E-state index in [-0.39, 0.29) is 11.9 Å². The molecule has 4 heteroatoms. The Kier molecular flexibility index (Phi) is 6.09. The molecule has 0 aromatic rings. The van der Waals surface area contributed by atoms with Gasteiger partial charge in [-0.2, -0.15) is 0 Å². The molecule has 4 nitrogen and oxygen atoms in total. The van der Waals surface area contributed by atoms with Crippen LogP contribution >= 0.6 is 0 Å². The van der Waals surface area contributed by atoms with Crippen LogP contribution in [0.3, 0.4) is 0 Å². The van der Waals surface area contributed by atoms with Crippen molar-refractivity contribution in [1.29, 1.82) is 0 Å². The van der Waals surface area contributed by atoms with Gasteiger partial charge in [-0.25, -0.2) is 0 Å². The van der Waals surface area contributed by atoms with Gasteiger partial charge in [0.15, 0.2) is 0 Å². The highest BCUT2D eigenvalue weighted by molar-refractivity contribution is 5.81. The molecule has 0 aromatic heterocycles. The third kappa shape index (κ3) is 4.94. The van der Waals surface area contributed by atoms with Crippen LogP contribution in [-0.4, -0.2) is 50.7 Å². The minimum absolute atomic E-state index is 0.0826. The van der Waals surface area contributed by atoms with Gasteiger partial charge in [-0.15, -0.1) is 0 Å². The lowest BCUT2D eigenvalue weighted by Gasteiger charge is -2.28. The summed E-state index contributed by atoms with van der Waals surface area (Å²) >= 11 is 0. The molecule has 0 saturated heterocycles. The Hall–Kier alpha value is -0.610. The molecule has 1 fully saturated rings. The van der Waals surface area contributed by atoms with Gasteiger partial charge in [0, 0.05) is 27.2 Å². The van der Waals surface area contributed by atoms with E-state index in [4.69, 9.17) is 4.74 Å².